The Morgan fingerprint density at radius 2 is 2.07 bits per heavy atom. The van der Waals surface area contributed by atoms with E-state index >= 15 is 0 Å². The summed E-state index contributed by atoms with van der Waals surface area (Å²) in [6, 6.07) is 7.69. The molecule has 0 saturated carbocycles. The normalized spacial score (nSPS) is 12.3. The quantitative estimate of drug-likeness (QED) is 0.478. The van der Waals surface area contributed by atoms with Gasteiger partial charge in [-0.3, -0.25) is 14.2 Å². The van der Waals surface area contributed by atoms with Crippen LogP contribution in [0.15, 0.2) is 34.2 Å². The molecule has 0 saturated heterocycles. The summed E-state index contributed by atoms with van der Waals surface area (Å²) >= 11 is 1.29. The third kappa shape index (κ3) is 3.99. The molecule has 0 unspecified atom stereocenters. The van der Waals surface area contributed by atoms with Crippen molar-refractivity contribution >= 4 is 34.4 Å². The number of rotatable bonds is 6. The molecule has 7 heteroatoms. The molecule has 28 heavy (non-hydrogen) atoms. The minimum atomic E-state index is -0.117. The summed E-state index contributed by atoms with van der Waals surface area (Å²) < 4.78 is 1.69. The lowest BCUT2D eigenvalue weighted by Gasteiger charge is -2.17. The number of aromatic amines is 1. The van der Waals surface area contributed by atoms with Crippen LogP contribution in [0.4, 0.5) is 5.69 Å². The average Bonchev–Trinajstić information content (AvgIpc) is 3.04. The molecule has 0 spiro atoms. The van der Waals surface area contributed by atoms with Crippen LogP contribution in [0, 0.1) is 20.8 Å². The number of nitrogens with zero attached hydrogens (tertiary/aromatic N) is 2. The third-order valence-electron chi connectivity index (χ3n) is 5.03. The van der Waals surface area contributed by atoms with Gasteiger partial charge in [0.2, 0.25) is 5.91 Å². The van der Waals surface area contributed by atoms with Crippen molar-refractivity contribution in [1.82, 2.24) is 14.5 Å². The molecule has 1 atom stereocenters. The molecule has 148 valence electrons. The zero-order chi connectivity index (χ0) is 20.4. The number of carbonyl (C=O) groups excluding carboxylic acids is 1. The van der Waals surface area contributed by atoms with Crippen LogP contribution in [0.25, 0.3) is 11.0 Å². The lowest BCUT2D eigenvalue weighted by molar-refractivity contribution is -0.113. The van der Waals surface area contributed by atoms with Gasteiger partial charge >= 0.3 is 0 Å². The molecule has 0 radical (unpaired) electrons. The van der Waals surface area contributed by atoms with E-state index in [1.165, 1.54) is 11.8 Å². The Balaban J connectivity index is 1.86. The molecular weight excluding hydrogens is 372 g/mol. The van der Waals surface area contributed by atoms with Crippen molar-refractivity contribution in [3.8, 4) is 0 Å². The Kier molecular flexibility index (Phi) is 5.93. The standard InChI is InChI=1S/C21H26N4O2S/c1-6-14(4)25-20(27)19-17(10-13(3)22-19)24-21(25)28-11-18(26)23-16-9-7-8-12(2)15(16)5/h7-10,14,22H,6,11H2,1-5H3,(H,23,26)/t14-/m0/s1. The smallest absolute Gasteiger partial charge is 0.278 e. The van der Waals surface area contributed by atoms with Gasteiger partial charge in [0.1, 0.15) is 5.52 Å². The van der Waals surface area contributed by atoms with Crippen molar-refractivity contribution in [2.75, 3.05) is 11.1 Å². The van der Waals surface area contributed by atoms with E-state index in [0.717, 1.165) is 28.9 Å². The number of nitrogens with one attached hydrogen (secondary N) is 2. The van der Waals surface area contributed by atoms with E-state index in [-0.39, 0.29) is 23.3 Å². The van der Waals surface area contributed by atoms with Gasteiger partial charge in [0.25, 0.3) is 5.56 Å². The van der Waals surface area contributed by atoms with Crippen molar-refractivity contribution < 1.29 is 4.79 Å². The number of aryl methyl sites for hydroxylation is 2. The van der Waals surface area contributed by atoms with Gasteiger partial charge in [0.05, 0.1) is 11.3 Å². The Hall–Kier alpha value is -2.54. The SMILES string of the molecule is CC[C@H](C)n1c(SCC(=O)Nc2cccc(C)c2C)nc2cc(C)[nH]c2c1=O. The van der Waals surface area contributed by atoms with Crippen molar-refractivity contribution in [3.63, 3.8) is 0 Å². The highest BCUT2D eigenvalue weighted by atomic mass is 32.2. The van der Waals surface area contributed by atoms with E-state index < -0.39 is 0 Å². The lowest BCUT2D eigenvalue weighted by Crippen LogP contribution is -2.26. The lowest BCUT2D eigenvalue weighted by atomic mass is 10.1. The Bertz CT molecular complexity index is 1080. The van der Waals surface area contributed by atoms with Crippen LogP contribution >= 0.6 is 11.8 Å². The first-order valence-electron chi connectivity index (χ1n) is 9.42. The molecule has 2 heterocycles. The summed E-state index contributed by atoms with van der Waals surface area (Å²) in [6.07, 6.45) is 0.801. The second-order valence-corrected chi connectivity index (χ2v) is 8.07. The maximum atomic E-state index is 13.0. The summed E-state index contributed by atoms with van der Waals surface area (Å²) in [4.78, 5) is 33.2. The first kappa shape index (κ1) is 20.2. The topological polar surface area (TPSA) is 79.8 Å². The van der Waals surface area contributed by atoms with Gasteiger partial charge in [-0.2, -0.15) is 0 Å². The number of carbonyl (C=O) groups is 1. The highest BCUT2D eigenvalue weighted by Gasteiger charge is 2.18. The molecule has 3 aromatic rings. The summed E-state index contributed by atoms with van der Waals surface area (Å²) in [5.74, 6) is 0.0690. The summed E-state index contributed by atoms with van der Waals surface area (Å²) in [5, 5.41) is 3.53. The molecule has 2 N–H and O–H groups in total. The number of H-pyrrole nitrogens is 1. The Morgan fingerprint density at radius 1 is 1.32 bits per heavy atom. The fourth-order valence-electron chi connectivity index (χ4n) is 3.07. The first-order chi connectivity index (χ1) is 13.3. The van der Waals surface area contributed by atoms with Crippen LogP contribution in [0.2, 0.25) is 0 Å². The molecule has 0 aliphatic rings. The summed E-state index contributed by atoms with van der Waals surface area (Å²) in [5.41, 5.74) is 4.96. The predicted molar refractivity (Wildman–Crippen MR) is 115 cm³/mol. The monoisotopic (exact) mass is 398 g/mol. The van der Waals surface area contributed by atoms with E-state index in [9.17, 15) is 9.59 Å². The Labute approximate surface area is 168 Å². The van der Waals surface area contributed by atoms with Gasteiger partial charge in [-0.05, 0) is 57.4 Å². The van der Waals surface area contributed by atoms with Gasteiger partial charge in [-0.25, -0.2) is 4.98 Å². The van der Waals surface area contributed by atoms with Gasteiger partial charge in [-0.15, -0.1) is 0 Å². The third-order valence-corrected chi connectivity index (χ3v) is 5.98. The molecule has 0 aliphatic heterocycles. The molecule has 1 aromatic carbocycles. The van der Waals surface area contributed by atoms with Crippen molar-refractivity contribution in [3.05, 3.63) is 51.4 Å². The van der Waals surface area contributed by atoms with E-state index in [1.807, 2.05) is 58.9 Å². The van der Waals surface area contributed by atoms with Crippen molar-refractivity contribution in [1.29, 1.82) is 0 Å². The van der Waals surface area contributed by atoms with Crippen LogP contribution in [0.5, 0.6) is 0 Å². The van der Waals surface area contributed by atoms with E-state index in [4.69, 9.17) is 0 Å². The van der Waals surface area contributed by atoms with Crippen molar-refractivity contribution in [2.45, 2.75) is 52.2 Å². The van der Waals surface area contributed by atoms with Crippen LogP contribution in [0.1, 0.15) is 43.1 Å². The number of benzene rings is 1. The highest BCUT2D eigenvalue weighted by Crippen LogP contribution is 2.24. The number of anilines is 1. The van der Waals surface area contributed by atoms with Crippen LogP contribution < -0.4 is 10.9 Å². The predicted octanol–water partition coefficient (Wildman–Crippen LogP) is 4.35. The molecule has 1 amide bonds. The average molecular weight is 399 g/mol. The van der Waals surface area contributed by atoms with Crippen LogP contribution in [-0.4, -0.2) is 26.2 Å². The molecule has 0 fully saturated rings. The van der Waals surface area contributed by atoms with Crippen molar-refractivity contribution in [2.24, 2.45) is 0 Å². The fourth-order valence-corrected chi connectivity index (χ4v) is 3.96. The minimum Gasteiger partial charge on any atom is -0.353 e. The van der Waals surface area contributed by atoms with E-state index in [1.54, 1.807) is 4.57 Å². The van der Waals surface area contributed by atoms with E-state index in [2.05, 4.69) is 15.3 Å². The zero-order valence-electron chi connectivity index (χ0n) is 16.9. The Morgan fingerprint density at radius 3 is 2.79 bits per heavy atom. The molecule has 2 aromatic heterocycles. The highest BCUT2D eigenvalue weighted by molar-refractivity contribution is 7.99. The number of fused-ring (bicyclic) bond motifs is 1. The number of amides is 1. The fraction of sp³-hybridized carbons (Fsp3) is 0.381. The van der Waals surface area contributed by atoms with Crippen LogP contribution in [0.3, 0.4) is 0 Å². The summed E-state index contributed by atoms with van der Waals surface area (Å²) in [7, 11) is 0. The number of aromatic nitrogens is 3. The largest absolute Gasteiger partial charge is 0.353 e. The maximum Gasteiger partial charge on any atom is 0.278 e. The number of thioether (sulfide) groups is 1. The maximum absolute atomic E-state index is 13.0. The zero-order valence-corrected chi connectivity index (χ0v) is 17.7. The molecule has 0 aliphatic carbocycles. The second kappa shape index (κ2) is 8.22. The van der Waals surface area contributed by atoms with Gasteiger partial charge in [0.15, 0.2) is 5.16 Å². The molecule has 6 nitrogen and oxygen atoms in total. The van der Waals surface area contributed by atoms with Gasteiger partial charge < -0.3 is 10.3 Å². The summed E-state index contributed by atoms with van der Waals surface area (Å²) in [6.45, 7) is 9.93. The van der Waals surface area contributed by atoms with Crippen LogP contribution in [-0.2, 0) is 4.79 Å². The molecule has 0 bridgehead atoms. The van der Waals surface area contributed by atoms with Gasteiger partial charge in [0, 0.05) is 17.4 Å². The number of hydrogen-bond acceptors (Lipinski definition) is 4. The van der Waals surface area contributed by atoms with Gasteiger partial charge in [-0.1, -0.05) is 30.8 Å². The second-order valence-electron chi connectivity index (χ2n) is 7.12. The number of hydrogen-bond donors (Lipinski definition) is 2. The van der Waals surface area contributed by atoms with E-state index in [0.29, 0.717) is 16.2 Å². The minimum absolute atomic E-state index is 0.00224. The molecule has 3 rings (SSSR count). The first-order valence-corrected chi connectivity index (χ1v) is 10.4. The molecular formula is C21H26N4O2S.